The minimum Gasteiger partial charge on any atom is -0.339 e. The Kier molecular flexibility index (Phi) is 4.11. The van der Waals surface area contributed by atoms with Gasteiger partial charge in [-0.2, -0.15) is 0 Å². The van der Waals surface area contributed by atoms with Gasteiger partial charge in [-0.25, -0.2) is 0 Å². The van der Waals surface area contributed by atoms with Gasteiger partial charge in [0, 0.05) is 18.6 Å². The molecule has 1 amide bonds. The lowest BCUT2D eigenvalue weighted by Crippen LogP contribution is -2.54. The van der Waals surface area contributed by atoms with Crippen LogP contribution in [-0.4, -0.2) is 29.4 Å². The van der Waals surface area contributed by atoms with Crippen LogP contribution in [0.15, 0.2) is 0 Å². The Morgan fingerprint density at radius 2 is 1.58 bits per heavy atom. The first-order valence-corrected chi connectivity index (χ1v) is 8.33. The maximum atomic E-state index is 12.9. The Morgan fingerprint density at radius 3 is 2.42 bits per heavy atom. The van der Waals surface area contributed by atoms with Crippen LogP contribution >= 0.6 is 0 Å². The number of amides is 1. The van der Waals surface area contributed by atoms with E-state index in [1.54, 1.807) is 0 Å². The molecule has 3 nitrogen and oxygen atoms in total. The number of hydrogen-bond donors (Lipinski definition) is 1. The summed E-state index contributed by atoms with van der Waals surface area (Å²) in [7, 11) is 0. The Hall–Kier alpha value is -0.570. The van der Waals surface area contributed by atoms with Crippen molar-refractivity contribution in [2.75, 3.05) is 6.54 Å². The Labute approximate surface area is 116 Å². The lowest BCUT2D eigenvalue weighted by atomic mass is 9.76. The summed E-state index contributed by atoms with van der Waals surface area (Å²) in [5.41, 5.74) is 6.21. The van der Waals surface area contributed by atoms with Gasteiger partial charge in [-0.3, -0.25) is 4.79 Å². The second kappa shape index (κ2) is 5.82. The molecule has 1 saturated heterocycles. The van der Waals surface area contributed by atoms with Crippen molar-refractivity contribution < 1.29 is 4.79 Å². The third-order valence-electron chi connectivity index (χ3n) is 5.66. The van der Waals surface area contributed by atoms with Crippen LogP contribution < -0.4 is 5.73 Å². The zero-order chi connectivity index (χ0) is 13.2. The molecular weight excluding hydrogens is 236 g/mol. The summed E-state index contributed by atoms with van der Waals surface area (Å²) in [6.07, 6.45) is 12.2. The molecule has 0 spiro atoms. The van der Waals surface area contributed by atoms with Crippen LogP contribution in [0.3, 0.4) is 0 Å². The van der Waals surface area contributed by atoms with Crippen LogP contribution in [0.5, 0.6) is 0 Å². The first kappa shape index (κ1) is 13.4. The van der Waals surface area contributed by atoms with Gasteiger partial charge in [-0.15, -0.1) is 0 Å². The van der Waals surface area contributed by atoms with Gasteiger partial charge in [-0.1, -0.05) is 25.7 Å². The zero-order valence-electron chi connectivity index (χ0n) is 12.0. The predicted octanol–water partition coefficient (Wildman–Crippen LogP) is 2.69. The van der Waals surface area contributed by atoms with E-state index in [2.05, 4.69) is 4.90 Å². The summed E-state index contributed by atoms with van der Waals surface area (Å²) >= 11 is 0. The quantitative estimate of drug-likeness (QED) is 0.791. The second-order valence-electron chi connectivity index (χ2n) is 6.84. The molecule has 19 heavy (non-hydrogen) atoms. The van der Waals surface area contributed by atoms with Gasteiger partial charge in [0.1, 0.15) is 0 Å². The Bertz CT molecular complexity index is 329. The molecular formula is C16H28N2O. The van der Waals surface area contributed by atoms with Crippen molar-refractivity contribution in [3.8, 4) is 0 Å². The standard InChI is InChI=1S/C16H28N2O/c17-14-9-3-2-8-13(14)16(19)18-11-5-7-12-6-1-4-10-15(12)18/h12-15H,1-11,17H2/t12-,13?,14?,15-/m1/s1. The summed E-state index contributed by atoms with van der Waals surface area (Å²) < 4.78 is 0. The van der Waals surface area contributed by atoms with E-state index in [0.29, 0.717) is 11.9 Å². The minimum atomic E-state index is 0.116. The van der Waals surface area contributed by atoms with Crippen molar-refractivity contribution in [3.63, 3.8) is 0 Å². The van der Waals surface area contributed by atoms with Crippen molar-refractivity contribution in [2.45, 2.75) is 76.3 Å². The maximum absolute atomic E-state index is 12.9. The van der Waals surface area contributed by atoms with Gasteiger partial charge in [0.2, 0.25) is 5.91 Å². The summed E-state index contributed by atoms with van der Waals surface area (Å²) in [6.45, 7) is 0.989. The summed E-state index contributed by atoms with van der Waals surface area (Å²) in [4.78, 5) is 15.1. The van der Waals surface area contributed by atoms with Crippen molar-refractivity contribution in [3.05, 3.63) is 0 Å². The second-order valence-corrected chi connectivity index (χ2v) is 6.84. The molecule has 2 N–H and O–H groups in total. The van der Waals surface area contributed by atoms with Crippen LogP contribution in [0, 0.1) is 11.8 Å². The van der Waals surface area contributed by atoms with Gasteiger partial charge in [0.25, 0.3) is 0 Å². The average Bonchev–Trinajstić information content (AvgIpc) is 2.46. The molecule has 3 heteroatoms. The van der Waals surface area contributed by atoms with Crippen molar-refractivity contribution in [2.24, 2.45) is 17.6 Å². The topological polar surface area (TPSA) is 46.3 Å². The smallest absolute Gasteiger partial charge is 0.227 e. The highest BCUT2D eigenvalue weighted by molar-refractivity contribution is 5.80. The molecule has 0 radical (unpaired) electrons. The number of rotatable bonds is 1. The van der Waals surface area contributed by atoms with Crippen molar-refractivity contribution >= 4 is 5.91 Å². The van der Waals surface area contributed by atoms with E-state index in [1.807, 2.05) is 0 Å². The highest BCUT2D eigenvalue weighted by Crippen LogP contribution is 2.37. The first-order valence-electron chi connectivity index (χ1n) is 8.33. The van der Waals surface area contributed by atoms with E-state index in [-0.39, 0.29) is 12.0 Å². The summed E-state index contributed by atoms with van der Waals surface area (Å²) in [5, 5.41) is 0. The number of hydrogen-bond acceptors (Lipinski definition) is 2. The molecule has 3 aliphatic rings. The molecule has 1 heterocycles. The van der Waals surface area contributed by atoms with E-state index in [4.69, 9.17) is 5.73 Å². The molecule has 108 valence electrons. The molecule has 2 unspecified atom stereocenters. The van der Waals surface area contributed by atoms with Gasteiger partial charge >= 0.3 is 0 Å². The average molecular weight is 264 g/mol. The predicted molar refractivity (Wildman–Crippen MR) is 76.6 cm³/mol. The highest BCUT2D eigenvalue weighted by Gasteiger charge is 2.39. The number of piperidine rings is 1. The highest BCUT2D eigenvalue weighted by atomic mass is 16.2. The molecule has 0 aromatic rings. The van der Waals surface area contributed by atoms with E-state index in [1.165, 1.54) is 51.4 Å². The number of fused-ring (bicyclic) bond motifs is 1. The van der Waals surface area contributed by atoms with Crippen LogP contribution in [-0.2, 0) is 4.79 Å². The molecule has 1 aliphatic heterocycles. The van der Waals surface area contributed by atoms with Gasteiger partial charge < -0.3 is 10.6 Å². The Morgan fingerprint density at radius 1 is 0.895 bits per heavy atom. The van der Waals surface area contributed by atoms with Crippen LogP contribution in [0.1, 0.15) is 64.2 Å². The molecule has 0 bridgehead atoms. The first-order chi connectivity index (χ1) is 9.27. The molecule has 3 rings (SSSR count). The summed E-state index contributed by atoms with van der Waals surface area (Å²) in [6, 6.07) is 0.661. The number of nitrogens with two attached hydrogens (primary N) is 1. The summed E-state index contributed by atoms with van der Waals surface area (Å²) in [5.74, 6) is 1.30. The molecule has 2 saturated carbocycles. The lowest BCUT2D eigenvalue weighted by molar-refractivity contribution is -0.143. The van der Waals surface area contributed by atoms with Crippen LogP contribution in [0.4, 0.5) is 0 Å². The molecule has 0 aromatic heterocycles. The monoisotopic (exact) mass is 264 g/mol. The van der Waals surface area contributed by atoms with Gasteiger partial charge in [-0.05, 0) is 44.4 Å². The third-order valence-corrected chi connectivity index (χ3v) is 5.66. The molecule has 0 aromatic carbocycles. The zero-order valence-corrected chi connectivity index (χ0v) is 12.0. The minimum absolute atomic E-state index is 0.116. The van der Waals surface area contributed by atoms with E-state index in [0.717, 1.165) is 25.3 Å². The number of nitrogens with zero attached hydrogens (tertiary/aromatic N) is 1. The third kappa shape index (κ3) is 2.67. The van der Waals surface area contributed by atoms with E-state index >= 15 is 0 Å². The number of likely N-dealkylation sites (tertiary alicyclic amines) is 1. The molecule has 4 atom stereocenters. The largest absolute Gasteiger partial charge is 0.339 e. The van der Waals surface area contributed by atoms with E-state index < -0.39 is 0 Å². The van der Waals surface area contributed by atoms with E-state index in [9.17, 15) is 4.79 Å². The fraction of sp³-hybridized carbons (Fsp3) is 0.938. The normalized spacial score (nSPS) is 39.7. The lowest BCUT2D eigenvalue weighted by Gasteiger charge is -2.46. The fourth-order valence-electron chi connectivity index (χ4n) is 4.58. The van der Waals surface area contributed by atoms with Crippen molar-refractivity contribution in [1.29, 1.82) is 0 Å². The van der Waals surface area contributed by atoms with Crippen molar-refractivity contribution in [1.82, 2.24) is 4.90 Å². The van der Waals surface area contributed by atoms with Gasteiger partial charge in [0.05, 0.1) is 5.92 Å². The molecule has 2 aliphatic carbocycles. The van der Waals surface area contributed by atoms with Crippen LogP contribution in [0.25, 0.3) is 0 Å². The SMILES string of the molecule is NC1CCCCC1C(=O)N1CCC[C@H]2CCCC[C@H]21. The number of carbonyl (C=O) groups is 1. The van der Waals surface area contributed by atoms with Crippen LogP contribution in [0.2, 0.25) is 0 Å². The Balaban J connectivity index is 1.70. The maximum Gasteiger partial charge on any atom is 0.227 e. The molecule has 3 fully saturated rings. The fourth-order valence-corrected chi connectivity index (χ4v) is 4.58. The van der Waals surface area contributed by atoms with Gasteiger partial charge in [0.15, 0.2) is 0 Å². The number of carbonyl (C=O) groups excluding carboxylic acids is 1.